The zero-order valence-corrected chi connectivity index (χ0v) is 24.8. The molecule has 0 N–H and O–H groups in total. The SMILES string of the molecule is c1ccc(-c2ccc(N(c3ccccc3)c3ccc(-c4ccc5ccccc5c4-c4cccc5ccccc45)cc3)cc2)cc1. The van der Waals surface area contributed by atoms with E-state index < -0.39 is 0 Å². The van der Waals surface area contributed by atoms with E-state index in [1.165, 1.54) is 54.9 Å². The molecule has 8 aromatic carbocycles. The number of nitrogens with zero attached hydrogens (tertiary/aromatic N) is 1. The third-order valence-electron chi connectivity index (χ3n) is 8.67. The maximum Gasteiger partial charge on any atom is 0.0462 e. The van der Waals surface area contributed by atoms with Crippen molar-refractivity contribution in [2.24, 2.45) is 0 Å². The highest BCUT2D eigenvalue weighted by atomic mass is 15.1. The Morgan fingerprint density at radius 2 is 0.756 bits per heavy atom. The standard InChI is InChI=1S/C44H31N/c1-3-12-32(13-4-1)33-22-27-38(28-23-33)45(37-17-5-2-6-18-37)39-29-24-36(25-30-39)42-31-26-35-15-8-10-20-41(35)44(42)43-21-11-16-34-14-7-9-19-40(34)43/h1-31H. The number of rotatable bonds is 6. The van der Waals surface area contributed by atoms with E-state index in [4.69, 9.17) is 0 Å². The minimum Gasteiger partial charge on any atom is -0.311 e. The lowest BCUT2D eigenvalue weighted by molar-refractivity contribution is 1.28. The van der Waals surface area contributed by atoms with Gasteiger partial charge in [0.2, 0.25) is 0 Å². The van der Waals surface area contributed by atoms with E-state index in [0.29, 0.717) is 0 Å². The smallest absolute Gasteiger partial charge is 0.0462 e. The van der Waals surface area contributed by atoms with Gasteiger partial charge in [-0.25, -0.2) is 0 Å². The summed E-state index contributed by atoms with van der Waals surface area (Å²) in [4.78, 5) is 2.32. The Bertz CT molecular complexity index is 2230. The molecule has 0 saturated heterocycles. The lowest BCUT2D eigenvalue weighted by Crippen LogP contribution is -2.09. The van der Waals surface area contributed by atoms with Crippen LogP contribution >= 0.6 is 0 Å². The fraction of sp³-hybridized carbons (Fsp3) is 0. The van der Waals surface area contributed by atoms with Crippen LogP contribution in [0.5, 0.6) is 0 Å². The van der Waals surface area contributed by atoms with Crippen molar-refractivity contribution in [2.45, 2.75) is 0 Å². The largest absolute Gasteiger partial charge is 0.311 e. The predicted molar refractivity (Wildman–Crippen MR) is 192 cm³/mol. The van der Waals surface area contributed by atoms with Crippen LogP contribution in [0.25, 0.3) is 54.9 Å². The monoisotopic (exact) mass is 573 g/mol. The number of hydrogen-bond acceptors (Lipinski definition) is 1. The molecule has 1 heteroatoms. The van der Waals surface area contributed by atoms with Gasteiger partial charge in [0.1, 0.15) is 0 Å². The van der Waals surface area contributed by atoms with Crippen LogP contribution in [0.15, 0.2) is 188 Å². The minimum atomic E-state index is 1.12. The normalized spacial score (nSPS) is 11.1. The summed E-state index contributed by atoms with van der Waals surface area (Å²) in [7, 11) is 0. The molecule has 1 nitrogen and oxygen atoms in total. The average Bonchev–Trinajstić information content (AvgIpc) is 3.12. The zero-order chi connectivity index (χ0) is 30.0. The van der Waals surface area contributed by atoms with Crippen LogP contribution < -0.4 is 4.90 Å². The van der Waals surface area contributed by atoms with Crippen molar-refractivity contribution in [3.8, 4) is 33.4 Å². The van der Waals surface area contributed by atoms with E-state index in [-0.39, 0.29) is 0 Å². The van der Waals surface area contributed by atoms with Crippen LogP contribution in [0.2, 0.25) is 0 Å². The van der Waals surface area contributed by atoms with Gasteiger partial charge in [0.15, 0.2) is 0 Å². The summed E-state index contributed by atoms with van der Waals surface area (Å²) in [5.74, 6) is 0. The Balaban J connectivity index is 1.24. The molecule has 8 aromatic rings. The van der Waals surface area contributed by atoms with Gasteiger partial charge in [0, 0.05) is 17.1 Å². The van der Waals surface area contributed by atoms with Crippen molar-refractivity contribution < 1.29 is 0 Å². The maximum absolute atomic E-state index is 2.32. The molecule has 0 fully saturated rings. The zero-order valence-electron chi connectivity index (χ0n) is 24.8. The molecule has 0 radical (unpaired) electrons. The molecule has 8 rings (SSSR count). The van der Waals surface area contributed by atoms with E-state index in [1.54, 1.807) is 0 Å². The van der Waals surface area contributed by atoms with E-state index >= 15 is 0 Å². The maximum atomic E-state index is 2.32. The van der Waals surface area contributed by atoms with Gasteiger partial charge >= 0.3 is 0 Å². The van der Waals surface area contributed by atoms with Crippen molar-refractivity contribution in [3.05, 3.63) is 188 Å². The lowest BCUT2D eigenvalue weighted by Gasteiger charge is -2.26. The average molecular weight is 574 g/mol. The Hall–Kier alpha value is -5.92. The highest BCUT2D eigenvalue weighted by Crippen LogP contribution is 2.42. The van der Waals surface area contributed by atoms with Gasteiger partial charge < -0.3 is 4.90 Å². The molecule has 0 aromatic heterocycles. The molecular formula is C44H31N. The van der Waals surface area contributed by atoms with Crippen molar-refractivity contribution in [1.29, 1.82) is 0 Å². The minimum absolute atomic E-state index is 1.12. The molecule has 0 aliphatic rings. The fourth-order valence-electron chi connectivity index (χ4n) is 6.49. The van der Waals surface area contributed by atoms with E-state index in [0.717, 1.165) is 17.1 Å². The summed E-state index contributed by atoms with van der Waals surface area (Å²) in [6, 6.07) is 67.6. The first kappa shape index (κ1) is 26.7. The summed E-state index contributed by atoms with van der Waals surface area (Å²) in [6.45, 7) is 0. The molecule has 0 heterocycles. The summed E-state index contributed by atoms with van der Waals surface area (Å²) in [5.41, 5.74) is 10.7. The van der Waals surface area contributed by atoms with E-state index in [9.17, 15) is 0 Å². The Morgan fingerprint density at radius 1 is 0.267 bits per heavy atom. The molecule has 212 valence electrons. The molecular weight excluding hydrogens is 542 g/mol. The van der Waals surface area contributed by atoms with Gasteiger partial charge in [-0.2, -0.15) is 0 Å². The molecule has 0 aliphatic carbocycles. The fourth-order valence-corrected chi connectivity index (χ4v) is 6.49. The lowest BCUT2D eigenvalue weighted by atomic mass is 9.87. The Labute approximate surface area is 264 Å². The summed E-state index contributed by atoms with van der Waals surface area (Å²) in [6.07, 6.45) is 0. The summed E-state index contributed by atoms with van der Waals surface area (Å²) >= 11 is 0. The van der Waals surface area contributed by atoms with Crippen LogP contribution in [0.1, 0.15) is 0 Å². The van der Waals surface area contributed by atoms with E-state index in [1.807, 2.05) is 0 Å². The van der Waals surface area contributed by atoms with Gasteiger partial charge in [-0.3, -0.25) is 0 Å². The highest BCUT2D eigenvalue weighted by molar-refractivity contribution is 6.10. The highest BCUT2D eigenvalue weighted by Gasteiger charge is 2.16. The molecule has 0 atom stereocenters. The molecule has 0 saturated carbocycles. The van der Waals surface area contributed by atoms with E-state index in [2.05, 4.69) is 193 Å². The number of anilines is 3. The topological polar surface area (TPSA) is 3.24 Å². The van der Waals surface area contributed by atoms with Gasteiger partial charge in [0.25, 0.3) is 0 Å². The second-order valence-corrected chi connectivity index (χ2v) is 11.4. The van der Waals surface area contributed by atoms with Crippen molar-refractivity contribution >= 4 is 38.6 Å². The third-order valence-corrected chi connectivity index (χ3v) is 8.67. The predicted octanol–water partition coefficient (Wildman–Crippen LogP) is 12.5. The number of fused-ring (bicyclic) bond motifs is 2. The van der Waals surface area contributed by atoms with Crippen LogP contribution in [0.3, 0.4) is 0 Å². The molecule has 0 spiro atoms. The number of hydrogen-bond donors (Lipinski definition) is 0. The van der Waals surface area contributed by atoms with Crippen LogP contribution in [0.4, 0.5) is 17.1 Å². The van der Waals surface area contributed by atoms with Crippen molar-refractivity contribution in [3.63, 3.8) is 0 Å². The second kappa shape index (κ2) is 11.6. The summed E-state index contributed by atoms with van der Waals surface area (Å²) in [5, 5.41) is 5.03. The van der Waals surface area contributed by atoms with Crippen LogP contribution in [-0.2, 0) is 0 Å². The Kier molecular flexibility index (Phi) is 6.90. The summed E-state index contributed by atoms with van der Waals surface area (Å²) < 4.78 is 0. The van der Waals surface area contributed by atoms with Crippen molar-refractivity contribution in [1.82, 2.24) is 0 Å². The second-order valence-electron chi connectivity index (χ2n) is 11.4. The van der Waals surface area contributed by atoms with Gasteiger partial charge in [-0.15, -0.1) is 0 Å². The van der Waals surface area contributed by atoms with Gasteiger partial charge in [-0.1, -0.05) is 152 Å². The first-order valence-corrected chi connectivity index (χ1v) is 15.4. The Morgan fingerprint density at radius 3 is 1.44 bits per heavy atom. The third kappa shape index (κ3) is 5.05. The molecule has 0 bridgehead atoms. The number of benzene rings is 8. The van der Waals surface area contributed by atoms with Crippen LogP contribution in [0, 0.1) is 0 Å². The number of para-hydroxylation sites is 1. The first-order chi connectivity index (χ1) is 22.3. The van der Waals surface area contributed by atoms with Crippen molar-refractivity contribution in [2.75, 3.05) is 4.90 Å². The molecule has 0 aliphatic heterocycles. The quantitative estimate of drug-likeness (QED) is 0.191. The van der Waals surface area contributed by atoms with Gasteiger partial charge in [-0.05, 0) is 91.3 Å². The van der Waals surface area contributed by atoms with Gasteiger partial charge in [0.05, 0.1) is 0 Å². The molecule has 45 heavy (non-hydrogen) atoms. The molecule has 0 amide bonds. The van der Waals surface area contributed by atoms with Crippen LogP contribution in [-0.4, -0.2) is 0 Å². The molecule has 0 unspecified atom stereocenters. The first-order valence-electron chi connectivity index (χ1n) is 15.4.